The quantitative estimate of drug-likeness (QED) is 0.776. The molecule has 0 amide bonds. The topological polar surface area (TPSA) is 65.5 Å². The van der Waals surface area contributed by atoms with Crippen molar-refractivity contribution in [1.29, 1.82) is 0 Å². The molecule has 1 aromatic heterocycles. The van der Waals surface area contributed by atoms with Gasteiger partial charge in [-0.25, -0.2) is 17.8 Å². The van der Waals surface area contributed by atoms with Crippen LogP contribution in [0.5, 0.6) is 11.6 Å². The molecule has 2 aromatic rings. The van der Waals surface area contributed by atoms with Gasteiger partial charge in [0.25, 0.3) is 0 Å². The second-order valence-electron chi connectivity index (χ2n) is 4.92. The molecule has 0 aliphatic rings. The average Bonchev–Trinajstić information content (AvgIpc) is 2.47. The van der Waals surface area contributed by atoms with Crippen molar-refractivity contribution in [1.82, 2.24) is 4.98 Å². The third-order valence-corrected chi connectivity index (χ3v) is 4.62. The molecule has 0 saturated heterocycles. The van der Waals surface area contributed by atoms with Gasteiger partial charge in [0, 0.05) is 17.8 Å². The van der Waals surface area contributed by atoms with Gasteiger partial charge in [-0.05, 0) is 36.8 Å². The van der Waals surface area contributed by atoms with Crippen LogP contribution in [0.4, 0.5) is 4.39 Å². The minimum atomic E-state index is -3.50. The lowest BCUT2D eigenvalue weighted by molar-refractivity contribution is 0.326. The van der Waals surface area contributed by atoms with E-state index in [2.05, 4.69) is 4.98 Å². The maximum atomic E-state index is 13.3. The van der Waals surface area contributed by atoms with Crippen LogP contribution >= 0.6 is 0 Å². The lowest BCUT2D eigenvalue weighted by atomic mass is 10.2. The van der Waals surface area contributed by atoms with Crippen molar-refractivity contribution < 1.29 is 22.3 Å². The predicted octanol–water partition coefficient (Wildman–Crippen LogP) is 2.74. The number of aromatic nitrogens is 1. The lowest BCUT2D eigenvalue weighted by Crippen LogP contribution is -2.09. The summed E-state index contributed by atoms with van der Waals surface area (Å²) in [5.74, 6) is -0.267. The summed E-state index contributed by atoms with van der Waals surface area (Å²) in [5.41, 5.74) is 0.866. The molecule has 0 N–H and O–H groups in total. The van der Waals surface area contributed by atoms with Crippen molar-refractivity contribution in [3.63, 3.8) is 0 Å². The molecule has 0 fully saturated rings. The van der Waals surface area contributed by atoms with Crippen LogP contribution in [0.2, 0.25) is 0 Å². The number of hydrogen-bond donors (Lipinski definition) is 0. The van der Waals surface area contributed by atoms with Crippen LogP contribution in [0.15, 0.2) is 36.5 Å². The van der Waals surface area contributed by atoms with Crippen LogP contribution in [0.3, 0.4) is 0 Å². The Bertz CT molecular complexity index is 777. The minimum absolute atomic E-state index is 0.185. The molecule has 124 valence electrons. The van der Waals surface area contributed by atoms with E-state index in [4.69, 9.17) is 9.47 Å². The fourth-order valence-corrected chi connectivity index (χ4v) is 3.66. The number of sulfone groups is 1. The third-order valence-electron chi connectivity index (χ3n) is 3.10. The molecule has 0 unspecified atom stereocenters. The van der Waals surface area contributed by atoms with Crippen LogP contribution in [0.1, 0.15) is 18.1 Å². The Kier molecular flexibility index (Phi) is 5.54. The van der Waals surface area contributed by atoms with E-state index in [1.54, 1.807) is 12.1 Å². The molecular weight excluding hydrogens is 321 g/mol. The molecule has 2 rings (SSSR count). The van der Waals surface area contributed by atoms with Crippen LogP contribution in [-0.2, 0) is 21.3 Å². The number of hydrogen-bond acceptors (Lipinski definition) is 5. The first-order valence-corrected chi connectivity index (χ1v) is 8.86. The van der Waals surface area contributed by atoms with E-state index in [1.165, 1.54) is 31.5 Å². The van der Waals surface area contributed by atoms with E-state index in [-0.39, 0.29) is 11.5 Å². The fourth-order valence-electron chi connectivity index (χ4n) is 2.17. The number of pyridine rings is 1. The summed E-state index contributed by atoms with van der Waals surface area (Å²) in [6.07, 6.45) is 1.50. The van der Waals surface area contributed by atoms with Gasteiger partial charge >= 0.3 is 0 Å². The standard InChI is InChI=1S/C16H18FNO4S/c1-3-22-16-8-12(6-7-18-16)10-23(19,20)11-13-9-14(17)4-5-15(13)21-2/h4-9H,3,10-11H2,1-2H3. The molecule has 0 radical (unpaired) electrons. The van der Waals surface area contributed by atoms with Crippen molar-refractivity contribution in [2.45, 2.75) is 18.4 Å². The van der Waals surface area contributed by atoms with E-state index in [9.17, 15) is 12.8 Å². The molecular formula is C16H18FNO4S. The Morgan fingerprint density at radius 1 is 1.17 bits per heavy atom. The van der Waals surface area contributed by atoms with Crippen LogP contribution < -0.4 is 9.47 Å². The van der Waals surface area contributed by atoms with Gasteiger partial charge in [-0.1, -0.05) is 0 Å². The summed E-state index contributed by atoms with van der Waals surface area (Å²) in [7, 11) is -2.08. The van der Waals surface area contributed by atoms with Crippen molar-refractivity contribution in [2.75, 3.05) is 13.7 Å². The molecule has 0 spiro atoms. The highest BCUT2D eigenvalue weighted by molar-refractivity contribution is 7.89. The first-order chi connectivity index (χ1) is 10.9. The fraction of sp³-hybridized carbons (Fsp3) is 0.312. The van der Waals surface area contributed by atoms with E-state index in [0.29, 0.717) is 29.4 Å². The van der Waals surface area contributed by atoms with Crippen molar-refractivity contribution in [2.24, 2.45) is 0 Å². The first kappa shape index (κ1) is 17.2. The summed E-state index contributed by atoms with van der Waals surface area (Å²) in [6.45, 7) is 2.27. The Morgan fingerprint density at radius 3 is 2.65 bits per heavy atom. The zero-order valence-corrected chi connectivity index (χ0v) is 13.8. The second kappa shape index (κ2) is 7.41. The highest BCUT2D eigenvalue weighted by Crippen LogP contribution is 2.23. The molecule has 7 heteroatoms. The molecule has 0 aliphatic carbocycles. The van der Waals surface area contributed by atoms with E-state index in [0.717, 1.165) is 0 Å². The van der Waals surface area contributed by atoms with Gasteiger partial charge in [0.05, 0.1) is 25.2 Å². The van der Waals surface area contributed by atoms with Gasteiger partial charge in [0.2, 0.25) is 5.88 Å². The number of ether oxygens (including phenoxy) is 2. The Hall–Kier alpha value is -2.15. The highest BCUT2D eigenvalue weighted by Gasteiger charge is 2.17. The predicted molar refractivity (Wildman–Crippen MR) is 84.7 cm³/mol. The van der Waals surface area contributed by atoms with Crippen LogP contribution in [-0.4, -0.2) is 27.1 Å². The van der Waals surface area contributed by atoms with Gasteiger partial charge in [0.1, 0.15) is 11.6 Å². The normalized spacial score (nSPS) is 11.3. The zero-order chi connectivity index (χ0) is 16.9. The smallest absolute Gasteiger partial charge is 0.213 e. The number of nitrogens with zero attached hydrogens (tertiary/aromatic N) is 1. The monoisotopic (exact) mass is 339 g/mol. The molecule has 0 bridgehead atoms. The molecule has 0 atom stereocenters. The molecule has 5 nitrogen and oxygen atoms in total. The minimum Gasteiger partial charge on any atom is -0.496 e. The van der Waals surface area contributed by atoms with Crippen molar-refractivity contribution in [3.05, 3.63) is 53.5 Å². The Labute approximate surface area is 135 Å². The largest absolute Gasteiger partial charge is 0.496 e. The zero-order valence-electron chi connectivity index (χ0n) is 13.0. The molecule has 0 saturated carbocycles. The van der Waals surface area contributed by atoms with Crippen molar-refractivity contribution >= 4 is 9.84 Å². The van der Waals surface area contributed by atoms with Crippen LogP contribution in [0.25, 0.3) is 0 Å². The number of methoxy groups -OCH3 is 1. The second-order valence-corrected chi connectivity index (χ2v) is 6.99. The van der Waals surface area contributed by atoms with Gasteiger partial charge < -0.3 is 9.47 Å². The summed E-state index contributed by atoms with van der Waals surface area (Å²) < 4.78 is 48.4. The Balaban J connectivity index is 2.19. The van der Waals surface area contributed by atoms with Gasteiger partial charge in [0.15, 0.2) is 9.84 Å². The summed E-state index contributed by atoms with van der Waals surface area (Å²) >= 11 is 0. The van der Waals surface area contributed by atoms with E-state index >= 15 is 0 Å². The number of benzene rings is 1. The SMILES string of the molecule is CCOc1cc(CS(=O)(=O)Cc2cc(F)ccc2OC)ccn1. The number of halogens is 1. The lowest BCUT2D eigenvalue weighted by Gasteiger charge is -2.10. The summed E-state index contributed by atoms with van der Waals surface area (Å²) in [6, 6.07) is 7.02. The summed E-state index contributed by atoms with van der Waals surface area (Å²) in [4.78, 5) is 4.00. The number of rotatable bonds is 7. The summed E-state index contributed by atoms with van der Waals surface area (Å²) in [5, 5.41) is 0. The van der Waals surface area contributed by atoms with E-state index in [1.807, 2.05) is 6.92 Å². The molecule has 23 heavy (non-hydrogen) atoms. The molecule has 0 aliphatic heterocycles. The maximum Gasteiger partial charge on any atom is 0.213 e. The van der Waals surface area contributed by atoms with Gasteiger partial charge in [-0.15, -0.1) is 0 Å². The van der Waals surface area contributed by atoms with E-state index < -0.39 is 15.7 Å². The highest BCUT2D eigenvalue weighted by atomic mass is 32.2. The van der Waals surface area contributed by atoms with Gasteiger partial charge in [-0.2, -0.15) is 0 Å². The third kappa shape index (κ3) is 4.92. The Morgan fingerprint density at radius 2 is 1.96 bits per heavy atom. The van der Waals surface area contributed by atoms with Gasteiger partial charge in [-0.3, -0.25) is 0 Å². The molecule has 1 heterocycles. The first-order valence-electron chi connectivity index (χ1n) is 7.04. The van der Waals surface area contributed by atoms with Crippen LogP contribution in [0, 0.1) is 5.82 Å². The maximum absolute atomic E-state index is 13.3. The molecule has 1 aromatic carbocycles. The average molecular weight is 339 g/mol. The van der Waals surface area contributed by atoms with Crippen molar-refractivity contribution in [3.8, 4) is 11.6 Å².